The molecule has 0 aromatic heterocycles. The topological polar surface area (TPSA) is 20.2 Å². The monoisotopic (exact) mass is 462 g/mol. The van der Waals surface area contributed by atoms with Crippen LogP contribution in [0.25, 0.3) is 6.08 Å². The average molecular weight is 463 g/mol. The van der Waals surface area contributed by atoms with E-state index in [4.69, 9.17) is 0 Å². The summed E-state index contributed by atoms with van der Waals surface area (Å²) in [5, 5.41) is 11.6. The molecule has 5 rings (SSSR count). The van der Waals surface area contributed by atoms with E-state index in [1.54, 1.807) is 0 Å². The summed E-state index contributed by atoms with van der Waals surface area (Å²) < 4.78 is 31.1. The number of halogens is 3. The van der Waals surface area contributed by atoms with E-state index in [0.29, 0.717) is 11.3 Å². The van der Waals surface area contributed by atoms with Crippen LogP contribution >= 0.6 is 0 Å². The third-order valence-electron chi connectivity index (χ3n) is 9.75. The maximum Gasteiger partial charge on any atom is 0.386 e. The molecular weight excluding hydrogens is 421 g/mol. The lowest BCUT2D eigenvalue weighted by molar-refractivity contribution is -0.110. The van der Waals surface area contributed by atoms with Crippen LogP contribution in [0.2, 0.25) is 0 Å². The van der Waals surface area contributed by atoms with Gasteiger partial charge in [0.05, 0.1) is 5.60 Å². The van der Waals surface area contributed by atoms with Crippen molar-refractivity contribution in [2.24, 2.45) is 40.9 Å². The van der Waals surface area contributed by atoms with Crippen molar-refractivity contribution in [2.45, 2.75) is 90.3 Å². The van der Waals surface area contributed by atoms with Crippen molar-refractivity contribution in [1.29, 1.82) is 0 Å². The number of hydrogen-bond donors (Lipinski definition) is 1. The predicted octanol–water partition coefficient (Wildman–Crippen LogP) is 8.29. The molecule has 4 saturated carbocycles. The molecule has 4 aliphatic carbocycles. The molecule has 1 nitrogen and oxygen atoms in total. The third-order valence-corrected chi connectivity index (χ3v) is 9.75. The SMILES string of the molecule is CC(F)(F)F.CC1CCC2(C)C(CCC3C4CC[C@@](O)(/C=C/c5ccccc5)C4CCC32)C1. The van der Waals surface area contributed by atoms with E-state index in [9.17, 15) is 18.3 Å². The molecule has 4 fully saturated rings. The highest BCUT2D eigenvalue weighted by Gasteiger charge is 2.58. The fourth-order valence-electron chi connectivity index (χ4n) is 8.21. The Morgan fingerprint density at radius 2 is 1.55 bits per heavy atom. The quantitative estimate of drug-likeness (QED) is 0.469. The van der Waals surface area contributed by atoms with Crippen molar-refractivity contribution in [2.75, 3.05) is 0 Å². The summed E-state index contributed by atoms with van der Waals surface area (Å²) in [6.45, 7) is 5.31. The molecule has 33 heavy (non-hydrogen) atoms. The van der Waals surface area contributed by atoms with Crippen molar-refractivity contribution in [1.82, 2.24) is 0 Å². The van der Waals surface area contributed by atoms with Crippen molar-refractivity contribution >= 4 is 6.08 Å². The van der Waals surface area contributed by atoms with Crippen LogP contribution in [-0.4, -0.2) is 16.9 Å². The summed E-state index contributed by atoms with van der Waals surface area (Å²) in [6.07, 6.45) is 12.3. The number of fused-ring (bicyclic) bond motifs is 5. The molecule has 4 aliphatic rings. The maximum atomic E-state index is 11.6. The van der Waals surface area contributed by atoms with Gasteiger partial charge >= 0.3 is 6.18 Å². The number of alkyl halides is 3. The highest BCUT2D eigenvalue weighted by Crippen LogP contribution is 2.64. The summed E-state index contributed by atoms with van der Waals surface area (Å²) in [6, 6.07) is 10.5. The number of hydrogen-bond acceptors (Lipinski definition) is 1. The lowest BCUT2D eigenvalue weighted by atomic mass is 9.46. The van der Waals surface area contributed by atoms with E-state index in [0.717, 1.165) is 36.0 Å². The van der Waals surface area contributed by atoms with Crippen LogP contribution in [-0.2, 0) is 0 Å². The van der Waals surface area contributed by atoms with Gasteiger partial charge in [-0.15, -0.1) is 0 Å². The first-order valence-electron chi connectivity index (χ1n) is 13.0. The first-order valence-corrected chi connectivity index (χ1v) is 13.0. The molecule has 0 aliphatic heterocycles. The van der Waals surface area contributed by atoms with Gasteiger partial charge in [-0.1, -0.05) is 62.8 Å². The van der Waals surface area contributed by atoms with Crippen molar-refractivity contribution in [3.63, 3.8) is 0 Å². The Morgan fingerprint density at radius 1 is 0.909 bits per heavy atom. The van der Waals surface area contributed by atoms with Gasteiger partial charge in [-0.05, 0) is 97.9 Å². The van der Waals surface area contributed by atoms with Gasteiger partial charge in [0.15, 0.2) is 0 Å². The van der Waals surface area contributed by atoms with E-state index in [1.807, 2.05) is 0 Å². The Hall–Kier alpha value is -1.29. The van der Waals surface area contributed by atoms with Gasteiger partial charge in [0, 0.05) is 6.92 Å². The van der Waals surface area contributed by atoms with Gasteiger partial charge < -0.3 is 5.11 Å². The molecule has 7 unspecified atom stereocenters. The fraction of sp³-hybridized carbons (Fsp3) is 0.724. The number of rotatable bonds is 2. The van der Waals surface area contributed by atoms with Gasteiger partial charge in [0.25, 0.3) is 0 Å². The van der Waals surface area contributed by atoms with Gasteiger partial charge in [-0.25, -0.2) is 0 Å². The second kappa shape index (κ2) is 9.40. The van der Waals surface area contributed by atoms with Crippen molar-refractivity contribution in [3.05, 3.63) is 42.0 Å². The standard InChI is InChI=1S/C27H38O.C2H3F3/c1-19-12-15-26(2)21(18-19)8-9-22-23-14-17-27(28,25(23)11-10-24(22)26)16-13-20-6-4-3-5-7-20;1-2(3,4)5/h3-7,13,16,19,21-25,28H,8-12,14-15,17-18H2,1-2H3;1H3/b16-13+;/t19?,21?,22?,23?,24?,25?,26?,27-;/m0./s1. The highest BCUT2D eigenvalue weighted by atomic mass is 19.4. The molecule has 1 aromatic rings. The largest absolute Gasteiger partial charge is 0.386 e. The Balaban J connectivity index is 0.000000471. The van der Waals surface area contributed by atoms with Gasteiger partial charge in [0.1, 0.15) is 0 Å². The molecule has 1 aromatic carbocycles. The Morgan fingerprint density at radius 3 is 2.24 bits per heavy atom. The van der Waals surface area contributed by atoms with Crippen LogP contribution < -0.4 is 0 Å². The Bertz CT molecular complexity index is 812. The summed E-state index contributed by atoms with van der Waals surface area (Å²) >= 11 is 0. The molecular formula is C29H41F3O. The zero-order valence-corrected chi connectivity index (χ0v) is 20.5. The minimum Gasteiger partial charge on any atom is -0.385 e. The average Bonchev–Trinajstić information content (AvgIpc) is 3.10. The van der Waals surface area contributed by atoms with E-state index in [-0.39, 0.29) is 6.92 Å². The zero-order chi connectivity index (χ0) is 23.9. The van der Waals surface area contributed by atoms with E-state index < -0.39 is 11.8 Å². The van der Waals surface area contributed by atoms with Gasteiger partial charge in [0.2, 0.25) is 0 Å². The van der Waals surface area contributed by atoms with E-state index >= 15 is 0 Å². The smallest absolute Gasteiger partial charge is 0.385 e. The van der Waals surface area contributed by atoms with Crippen molar-refractivity contribution < 1.29 is 18.3 Å². The van der Waals surface area contributed by atoms with Crippen LogP contribution in [0.5, 0.6) is 0 Å². The summed E-state index contributed by atoms with van der Waals surface area (Å²) in [5.41, 5.74) is 1.21. The van der Waals surface area contributed by atoms with Crippen LogP contribution in [0.15, 0.2) is 36.4 Å². The van der Waals surface area contributed by atoms with E-state index in [1.165, 1.54) is 56.9 Å². The first-order chi connectivity index (χ1) is 15.5. The van der Waals surface area contributed by atoms with Crippen LogP contribution in [0, 0.1) is 40.9 Å². The molecule has 1 N–H and O–H groups in total. The molecule has 0 saturated heterocycles. The second-order valence-electron chi connectivity index (χ2n) is 11.8. The van der Waals surface area contributed by atoms with E-state index in [2.05, 4.69) is 56.3 Å². The number of benzene rings is 1. The minimum absolute atomic E-state index is 0.188. The fourth-order valence-corrected chi connectivity index (χ4v) is 8.21. The summed E-state index contributed by atoms with van der Waals surface area (Å²) in [4.78, 5) is 0. The van der Waals surface area contributed by atoms with Gasteiger partial charge in [-0.3, -0.25) is 0 Å². The molecule has 0 amide bonds. The van der Waals surface area contributed by atoms with Gasteiger partial charge in [-0.2, -0.15) is 13.2 Å². The lowest BCUT2D eigenvalue weighted by Crippen LogP contribution is -2.52. The third kappa shape index (κ3) is 5.36. The normalized spacial score (nSPS) is 42.6. The maximum absolute atomic E-state index is 11.6. The zero-order valence-electron chi connectivity index (χ0n) is 20.5. The molecule has 4 heteroatoms. The molecule has 0 spiro atoms. The summed E-state index contributed by atoms with van der Waals surface area (Å²) in [7, 11) is 0. The molecule has 8 atom stereocenters. The Kier molecular flexibility index (Phi) is 7.07. The highest BCUT2D eigenvalue weighted by molar-refractivity contribution is 5.50. The summed E-state index contributed by atoms with van der Waals surface area (Å²) in [5.74, 6) is 4.92. The van der Waals surface area contributed by atoms with Crippen LogP contribution in [0.3, 0.4) is 0 Å². The molecule has 0 bridgehead atoms. The number of aliphatic hydroxyl groups is 1. The molecule has 0 heterocycles. The lowest BCUT2D eigenvalue weighted by Gasteiger charge is -2.59. The molecule has 184 valence electrons. The van der Waals surface area contributed by atoms with Crippen LogP contribution in [0.4, 0.5) is 13.2 Å². The first kappa shape index (κ1) is 24.8. The van der Waals surface area contributed by atoms with Crippen LogP contribution in [0.1, 0.15) is 84.1 Å². The Labute approximate surface area is 197 Å². The predicted molar refractivity (Wildman–Crippen MR) is 128 cm³/mol. The minimum atomic E-state index is -4.00. The van der Waals surface area contributed by atoms with Crippen molar-refractivity contribution in [3.8, 4) is 0 Å². The second-order valence-corrected chi connectivity index (χ2v) is 11.8. The molecule has 0 radical (unpaired) electrons.